The molecule has 1 aromatic rings. The van der Waals surface area contributed by atoms with Crippen LogP contribution in [-0.2, 0) is 6.42 Å². The van der Waals surface area contributed by atoms with E-state index < -0.39 is 0 Å². The number of hydrogen-bond donors (Lipinski definition) is 1. The van der Waals surface area contributed by atoms with Crippen molar-refractivity contribution in [1.29, 1.82) is 0 Å². The van der Waals surface area contributed by atoms with E-state index in [0.29, 0.717) is 5.92 Å². The predicted octanol–water partition coefficient (Wildman–Crippen LogP) is 1.37. The Kier molecular flexibility index (Phi) is 2.54. The average Bonchev–Trinajstić information content (AvgIpc) is 2.57. The summed E-state index contributed by atoms with van der Waals surface area (Å²) < 4.78 is 12.8. The van der Waals surface area contributed by atoms with Crippen molar-refractivity contribution in [2.75, 3.05) is 13.1 Å². The maximum absolute atomic E-state index is 12.8. The third-order valence-electron chi connectivity index (χ3n) is 2.45. The van der Waals surface area contributed by atoms with Crippen molar-refractivity contribution in [1.82, 2.24) is 10.3 Å². The SMILES string of the molecule is Fc1cncc(CC2CCNC2)c1. The van der Waals surface area contributed by atoms with Gasteiger partial charge in [-0.15, -0.1) is 0 Å². The standard InChI is InChI=1S/C10H13FN2/c11-10-4-9(6-13-7-10)3-8-1-2-12-5-8/h4,6-8,12H,1-3,5H2. The first-order valence-corrected chi connectivity index (χ1v) is 4.65. The topological polar surface area (TPSA) is 24.9 Å². The molecule has 3 heteroatoms. The number of halogens is 1. The van der Waals surface area contributed by atoms with E-state index in [9.17, 15) is 4.39 Å². The van der Waals surface area contributed by atoms with E-state index in [1.165, 1.54) is 12.6 Å². The minimum absolute atomic E-state index is 0.233. The largest absolute Gasteiger partial charge is 0.316 e. The summed E-state index contributed by atoms with van der Waals surface area (Å²) in [6.07, 6.45) is 5.13. The predicted molar refractivity (Wildman–Crippen MR) is 48.9 cm³/mol. The molecule has 1 aromatic heterocycles. The van der Waals surface area contributed by atoms with Gasteiger partial charge in [0.15, 0.2) is 0 Å². The Bertz CT molecular complexity index is 282. The molecule has 70 valence electrons. The van der Waals surface area contributed by atoms with Crippen LogP contribution in [0, 0.1) is 11.7 Å². The molecule has 2 rings (SSSR count). The molecule has 0 spiro atoms. The van der Waals surface area contributed by atoms with Gasteiger partial charge in [0.2, 0.25) is 0 Å². The molecule has 1 aliphatic heterocycles. The molecule has 0 aromatic carbocycles. The van der Waals surface area contributed by atoms with E-state index >= 15 is 0 Å². The first-order chi connectivity index (χ1) is 6.34. The summed E-state index contributed by atoms with van der Waals surface area (Å²) >= 11 is 0. The second-order valence-electron chi connectivity index (χ2n) is 3.57. The molecule has 1 unspecified atom stereocenters. The third kappa shape index (κ3) is 2.25. The molecular weight excluding hydrogens is 167 g/mol. The van der Waals surface area contributed by atoms with Gasteiger partial charge in [-0.1, -0.05) is 0 Å². The third-order valence-corrected chi connectivity index (χ3v) is 2.45. The van der Waals surface area contributed by atoms with Crippen LogP contribution in [-0.4, -0.2) is 18.1 Å². The lowest BCUT2D eigenvalue weighted by molar-refractivity contribution is 0.570. The highest BCUT2D eigenvalue weighted by Crippen LogP contribution is 2.14. The van der Waals surface area contributed by atoms with Crippen molar-refractivity contribution in [3.8, 4) is 0 Å². The van der Waals surface area contributed by atoms with Crippen LogP contribution in [0.4, 0.5) is 4.39 Å². The summed E-state index contributed by atoms with van der Waals surface area (Å²) in [5.41, 5.74) is 1.01. The Morgan fingerprint density at radius 3 is 3.15 bits per heavy atom. The van der Waals surface area contributed by atoms with Crippen molar-refractivity contribution < 1.29 is 4.39 Å². The van der Waals surface area contributed by atoms with Gasteiger partial charge in [-0.05, 0) is 43.5 Å². The minimum atomic E-state index is -0.233. The molecule has 1 saturated heterocycles. The van der Waals surface area contributed by atoms with Crippen molar-refractivity contribution in [2.24, 2.45) is 5.92 Å². The normalized spacial score (nSPS) is 22.1. The van der Waals surface area contributed by atoms with E-state index in [1.807, 2.05) is 0 Å². The van der Waals surface area contributed by atoms with Gasteiger partial charge in [-0.2, -0.15) is 0 Å². The van der Waals surface area contributed by atoms with Crippen LogP contribution in [0.2, 0.25) is 0 Å². The molecule has 0 bridgehead atoms. The highest BCUT2D eigenvalue weighted by atomic mass is 19.1. The number of nitrogens with zero attached hydrogens (tertiary/aromatic N) is 1. The van der Waals surface area contributed by atoms with Gasteiger partial charge in [-0.3, -0.25) is 4.98 Å². The summed E-state index contributed by atoms with van der Waals surface area (Å²) in [5, 5.41) is 3.29. The molecule has 1 aliphatic rings. The molecule has 0 amide bonds. The maximum atomic E-state index is 12.8. The Morgan fingerprint density at radius 1 is 1.54 bits per heavy atom. The fourth-order valence-electron chi connectivity index (χ4n) is 1.79. The number of nitrogens with one attached hydrogen (secondary N) is 1. The lowest BCUT2D eigenvalue weighted by atomic mass is 10.0. The summed E-state index contributed by atoms with van der Waals surface area (Å²) in [4.78, 5) is 3.83. The highest BCUT2D eigenvalue weighted by Gasteiger charge is 2.14. The fourth-order valence-corrected chi connectivity index (χ4v) is 1.79. The molecule has 0 radical (unpaired) electrons. The van der Waals surface area contributed by atoms with E-state index in [2.05, 4.69) is 10.3 Å². The molecule has 1 atom stereocenters. The molecule has 13 heavy (non-hydrogen) atoms. The molecule has 1 N–H and O–H groups in total. The Balaban J connectivity index is 2.00. The van der Waals surface area contributed by atoms with Gasteiger partial charge in [0.25, 0.3) is 0 Å². The smallest absolute Gasteiger partial charge is 0.141 e. The van der Waals surface area contributed by atoms with Gasteiger partial charge in [-0.25, -0.2) is 4.39 Å². The van der Waals surface area contributed by atoms with Crippen LogP contribution in [0.1, 0.15) is 12.0 Å². The first-order valence-electron chi connectivity index (χ1n) is 4.65. The lowest BCUT2D eigenvalue weighted by Gasteiger charge is -2.06. The number of rotatable bonds is 2. The average molecular weight is 180 g/mol. The van der Waals surface area contributed by atoms with Crippen molar-refractivity contribution in [3.63, 3.8) is 0 Å². The van der Waals surface area contributed by atoms with Gasteiger partial charge in [0, 0.05) is 6.20 Å². The summed E-state index contributed by atoms with van der Waals surface area (Å²) in [5.74, 6) is 0.423. The second-order valence-corrected chi connectivity index (χ2v) is 3.57. The van der Waals surface area contributed by atoms with Crippen molar-refractivity contribution >= 4 is 0 Å². The monoisotopic (exact) mass is 180 g/mol. The fraction of sp³-hybridized carbons (Fsp3) is 0.500. The van der Waals surface area contributed by atoms with E-state index in [1.54, 1.807) is 12.3 Å². The second kappa shape index (κ2) is 3.83. The van der Waals surface area contributed by atoms with Crippen LogP contribution in [0.25, 0.3) is 0 Å². The minimum Gasteiger partial charge on any atom is -0.316 e. The van der Waals surface area contributed by atoms with Crippen LogP contribution in [0.3, 0.4) is 0 Å². The molecular formula is C10H13FN2. The van der Waals surface area contributed by atoms with Crippen LogP contribution >= 0.6 is 0 Å². The molecule has 2 nitrogen and oxygen atoms in total. The van der Waals surface area contributed by atoms with Gasteiger partial charge < -0.3 is 5.32 Å². The summed E-state index contributed by atoms with van der Waals surface area (Å²) in [7, 11) is 0. The zero-order chi connectivity index (χ0) is 9.10. The van der Waals surface area contributed by atoms with E-state index in [0.717, 1.165) is 25.1 Å². The summed E-state index contributed by atoms with van der Waals surface area (Å²) in [6, 6.07) is 1.57. The van der Waals surface area contributed by atoms with Crippen molar-refractivity contribution in [3.05, 3.63) is 29.8 Å². The zero-order valence-corrected chi connectivity index (χ0v) is 7.46. The lowest BCUT2D eigenvalue weighted by Crippen LogP contribution is -2.10. The first kappa shape index (κ1) is 8.63. The van der Waals surface area contributed by atoms with Crippen LogP contribution in [0.5, 0.6) is 0 Å². The van der Waals surface area contributed by atoms with Gasteiger partial charge in [0.1, 0.15) is 5.82 Å². The van der Waals surface area contributed by atoms with E-state index in [4.69, 9.17) is 0 Å². The van der Waals surface area contributed by atoms with Gasteiger partial charge in [0.05, 0.1) is 6.20 Å². The number of pyridine rings is 1. The highest BCUT2D eigenvalue weighted by molar-refractivity contribution is 5.11. The van der Waals surface area contributed by atoms with E-state index in [-0.39, 0.29) is 5.82 Å². The van der Waals surface area contributed by atoms with Gasteiger partial charge >= 0.3 is 0 Å². The zero-order valence-electron chi connectivity index (χ0n) is 7.46. The number of aromatic nitrogens is 1. The molecule has 2 heterocycles. The Morgan fingerprint density at radius 2 is 2.46 bits per heavy atom. The Labute approximate surface area is 77.2 Å². The molecule has 0 aliphatic carbocycles. The maximum Gasteiger partial charge on any atom is 0.141 e. The molecule has 0 saturated carbocycles. The quantitative estimate of drug-likeness (QED) is 0.743. The Hall–Kier alpha value is -0.960. The summed E-state index contributed by atoms with van der Waals surface area (Å²) in [6.45, 7) is 2.14. The molecule has 1 fully saturated rings. The number of hydrogen-bond acceptors (Lipinski definition) is 2. The van der Waals surface area contributed by atoms with Crippen LogP contribution < -0.4 is 5.32 Å². The van der Waals surface area contributed by atoms with Crippen molar-refractivity contribution in [2.45, 2.75) is 12.8 Å². The van der Waals surface area contributed by atoms with Crippen LogP contribution in [0.15, 0.2) is 18.5 Å².